The predicted molar refractivity (Wildman–Crippen MR) is 56.2 cm³/mol. The average Bonchev–Trinajstić information content (AvgIpc) is 2.58. The summed E-state index contributed by atoms with van der Waals surface area (Å²) in [6.07, 6.45) is 0. The third kappa shape index (κ3) is 1.39. The SMILES string of the molecule is COc1ccc2cccc-2cc1OC. The second kappa shape index (κ2) is 3.58. The summed E-state index contributed by atoms with van der Waals surface area (Å²) in [6.45, 7) is 0. The van der Waals surface area contributed by atoms with Gasteiger partial charge in [0.1, 0.15) is 0 Å². The van der Waals surface area contributed by atoms with E-state index in [-0.39, 0.29) is 0 Å². The van der Waals surface area contributed by atoms with Gasteiger partial charge in [-0.2, -0.15) is 0 Å². The molecule has 0 amide bonds. The van der Waals surface area contributed by atoms with Gasteiger partial charge in [0.25, 0.3) is 0 Å². The summed E-state index contributed by atoms with van der Waals surface area (Å²) in [4.78, 5) is 0. The zero-order chi connectivity index (χ0) is 9.97. The quantitative estimate of drug-likeness (QED) is 0.721. The number of rotatable bonds is 2. The highest BCUT2D eigenvalue weighted by Crippen LogP contribution is 2.32. The lowest BCUT2D eigenvalue weighted by molar-refractivity contribution is 0.356. The highest BCUT2D eigenvalue weighted by atomic mass is 16.5. The first-order chi connectivity index (χ1) is 6.85. The minimum absolute atomic E-state index is 0.753. The van der Waals surface area contributed by atoms with Crippen molar-refractivity contribution in [3.8, 4) is 22.6 Å². The van der Waals surface area contributed by atoms with E-state index in [1.165, 1.54) is 5.56 Å². The van der Waals surface area contributed by atoms with E-state index < -0.39 is 0 Å². The van der Waals surface area contributed by atoms with Crippen molar-refractivity contribution >= 4 is 0 Å². The average molecular weight is 188 g/mol. The van der Waals surface area contributed by atoms with E-state index in [2.05, 4.69) is 12.1 Å². The molecule has 72 valence electrons. The van der Waals surface area contributed by atoms with Crippen molar-refractivity contribution in [2.75, 3.05) is 14.2 Å². The number of hydrogen-bond donors (Lipinski definition) is 0. The summed E-state index contributed by atoms with van der Waals surface area (Å²) < 4.78 is 10.5. The smallest absolute Gasteiger partial charge is 0.161 e. The van der Waals surface area contributed by atoms with Crippen LogP contribution in [0.5, 0.6) is 11.5 Å². The molecule has 0 aromatic carbocycles. The van der Waals surface area contributed by atoms with Gasteiger partial charge in [-0.3, -0.25) is 0 Å². The zero-order valence-electron chi connectivity index (χ0n) is 8.28. The van der Waals surface area contributed by atoms with Crippen LogP contribution in [0, 0.1) is 0 Å². The molecule has 0 saturated carbocycles. The van der Waals surface area contributed by atoms with Crippen LogP contribution in [0.25, 0.3) is 11.1 Å². The lowest BCUT2D eigenvalue weighted by Crippen LogP contribution is -1.86. The minimum atomic E-state index is 0.753. The Bertz CT molecular complexity index is 409. The fraction of sp³-hybridized carbons (Fsp3) is 0.167. The Labute approximate surface area is 83.4 Å². The third-order valence-corrected chi connectivity index (χ3v) is 2.27. The molecule has 0 aliphatic heterocycles. The second-order valence-electron chi connectivity index (χ2n) is 3.05. The number of hydrogen-bond acceptors (Lipinski definition) is 2. The molecule has 0 N–H and O–H groups in total. The number of methoxy groups -OCH3 is 2. The maximum atomic E-state index is 5.25. The van der Waals surface area contributed by atoms with Gasteiger partial charge in [0, 0.05) is 0 Å². The molecule has 14 heavy (non-hydrogen) atoms. The maximum absolute atomic E-state index is 5.25. The Hall–Kier alpha value is -1.70. The van der Waals surface area contributed by atoms with Gasteiger partial charge in [0.2, 0.25) is 0 Å². The van der Waals surface area contributed by atoms with E-state index in [4.69, 9.17) is 9.47 Å². The van der Waals surface area contributed by atoms with Crippen molar-refractivity contribution in [1.29, 1.82) is 0 Å². The highest BCUT2D eigenvalue weighted by molar-refractivity contribution is 5.69. The molecule has 0 radical (unpaired) electrons. The van der Waals surface area contributed by atoms with E-state index in [0.29, 0.717) is 0 Å². The van der Waals surface area contributed by atoms with Crippen molar-refractivity contribution in [2.24, 2.45) is 0 Å². The fourth-order valence-corrected chi connectivity index (χ4v) is 1.52. The van der Waals surface area contributed by atoms with Crippen molar-refractivity contribution in [3.05, 3.63) is 36.4 Å². The summed E-state index contributed by atoms with van der Waals surface area (Å²) in [6, 6.07) is 12.1. The minimum Gasteiger partial charge on any atom is -0.493 e. The van der Waals surface area contributed by atoms with Gasteiger partial charge in [-0.25, -0.2) is 0 Å². The number of fused-ring (bicyclic) bond motifs is 1. The Morgan fingerprint density at radius 3 is 2.21 bits per heavy atom. The van der Waals surface area contributed by atoms with Crippen LogP contribution >= 0.6 is 0 Å². The molecule has 0 aromatic rings. The fourth-order valence-electron chi connectivity index (χ4n) is 1.52. The van der Waals surface area contributed by atoms with E-state index in [1.807, 2.05) is 24.3 Å². The van der Waals surface area contributed by atoms with Crippen LogP contribution in [0.2, 0.25) is 0 Å². The molecular weight excluding hydrogens is 176 g/mol. The van der Waals surface area contributed by atoms with Gasteiger partial charge in [-0.15, -0.1) is 0 Å². The molecule has 0 saturated heterocycles. The van der Waals surface area contributed by atoms with Crippen LogP contribution in [0.15, 0.2) is 36.4 Å². The van der Waals surface area contributed by atoms with Crippen molar-refractivity contribution in [3.63, 3.8) is 0 Å². The molecule has 2 heteroatoms. The molecule has 0 fully saturated rings. The Morgan fingerprint density at radius 2 is 1.50 bits per heavy atom. The molecule has 0 aromatic heterocycles. The van der Waals surface area contributed by atoms with Gasteiger partial charge in [-0.05, 0) is 23.3 Å². The highest BCUT2D eigenvalue weighted by Gasteiger charge is 2.05. The van der Waals surface area contributed by atoms with Gasteiger partial charge >= 0.3 is 0 Å². The standard InChI is InChI=1S/C12H12O2/c1-13-11-7-6-9-4-3-5-10(9)8-12(11)14-2/h3-8H,1-2H3. The first-order valence-corrected chi connectivity index (χ1v) is 4.46. The van der Waals surface area contributed by atoms with Crippen LogP contribution < -0.4 is 9.47 Å². The lowest BCUT2D eigenvalue weighted by Gasteiger charge is -2.02. The predicted octanol–water partition coefficient (Wildman–Crippen LogP) is 2.81. The summed E-state index contributed by atoms with van der Waals surface area (Å²) >= 11 is 0. The van der Waals surface area contributed by atoms with E-state index in [9.17, 15) is 0 Å². The summed E-state index contributed by atoms with van der Waals surface area (Å²) in [5.74, 6) is 1.51. The maximum Gasteiger partial charge on any atom is 0.161 e. The van der Waals surface area contributed by atoms with E-state index >= 15 is 0 Å². The first-order valence-electron chi connectivity index (χ1n) is 4.46. The molecule has 0 spiro atoms. The summed E-state index contributed by atoms with van der Waals surface area (Å²) in [5, 5.41) is 0. The molecule has 0 bridgehead atoms. The first kappa shape index (κ1) is 8.88. The molecule has 2 nitrogen and oxygen atoms in total. The van der Waals surface area contributed by atoms with Crippen molar-refractivity contribution < 1.29 is 9.47 Å². The zero-order valence-corrected chi connectivity index (χ0v) is 8.28. The van der Waals surface area contributed by atoms with Gasteiger partial charge < -0.3 is 9.47 Å². The number of ether oxygens (including phenoxy) is 2. The third-order valence-electron chi connectivity index (χ3n) is 2.27. The van der Waals surface area contributed by atoms with Crippen LogP contribution in [0.3, 0.4) is 0 Å². The van der Waals surface area contributed by atoms with E-state index in [0.717, 1.165) is 17.1 Å². The lowest BCUT2D eigenvalue weighted by atomic mass is 10.2. The molecule has 0 unspecified atom stereocenters. The van der Waals surface area contributed by atoms with Crippen molar-refractivity contribution in [1.82, 2.24) is 0 Å². The van der Waals surface area contributed by atoms with Gasteiger partial charge in [0.05, 0.1) is 14.2 Å². The normalized spacial score (nSPS) is 10.1. The Balaban J connectivity index is 2.64. The summed E-state index contributed by atoms with van der Waals surface area (Å²) in [7, 11) is 3.29. The molecule has 0 atom stereocenters. The second-order valence-corrected chi connectivity index (χ2v) is 3.05. The largest absolute Gasteiger partial charge is 0.493 e. The van der Waals surface area contributed by atoms with Crippen LogP contribution in [-0.2, 0) is 0 Å². The Morgan fingerprint density at radius 1 is 0.786 bits per heavy atom. The van der Waals surface area contributed by atoms with Crippen LogP contribution in [0.1, 0.15) is 0 Å². The molecule has 2 rings (SSSR count). The van der Waals surface area contributed by atoms with E-state index in [1.54, 1.807) is 14.2 Å². The molecule has 2 aliphatic rings. The summed E-state index contributed by atoms with van der Waals surface area (Å²) in [5.41, 5.74) is 2.34. The monoisotopic (exact) mass is 188 g/mol. The Kier molecular flexibility index (Phi) is 2.27. The van der Waals surface area contributed by atoms with Crippen molar-refractivity contribution in [2.45, 2.75) is 0 Å². The molecular formula is C12H12O2. The van der Waals surface area contributed by atoms with Crippen LogP contribution in [-0.4, -0.2) is 14.2 Å². The van der Waals surface area contributed by atoms with Gasteiger partial charge in [-0.1, -0.05) is 24.3 Å². The van der Waals surface area contributed by atoms with Crippen LogP contribution in [0.4, 0.5) is 0 Å². The molecule has 0 heterocycles. The molecule has 2 aliphatic carbocycles. The van der Waals surface area contributed by atoms with Gasteiger partial charge in [0.15, 0.2) is 11.5 Å². The topological polar surface area (TPSA) is 18.5 Å².